The summed E-state index contributed by atoms with van der Waals surface area (Å²) in [6, 6.07) is 8.95. The second-order valence-electron chi connectivity index (χ2n) is 6.72. The fraction of sp³-hybridized carbons (Fsp3) is 0.714. The predicted octanol–water partition coefficient (Wildman–Crippen LogP) is 5.58. The standard InChI is InChI=1S/C21H37NO/c1-4-7-9-13-19-14-11-15-20(17-19)22(16-10-8-5-2)18-21(23)12-6-3/h11,14-15,17,21,23H,4-10,12-13,16,18H2,1-3H3. The first kappa shape index (κ1) is 20.0. The molecule has 1 atom stereocenters. The van der Waals surface area contributed by atoms with Gasteiger partial charge in [0, 0.05) is 18.8 Å². The lowest BCUT2D eigenvalue weighted by Crippen LogP contribution is -2.33. The van der Waals surface area contributed by atoms with E-state index < -0.39 is 0 Å². The van der Waals surface area contributed by atoms with Crippen molar-refractivity contribution in [1.29, 1.82) is 0 Å². The monoisotopic (exact) mass is 319 g/mol. The van der Waals surface area contributed by atoms with Gasteiger partial charge in [0.1, 0.15) is 0 Å². The molecule has 0 amide bonds. The van der Waals surface area contributed by atoms with Crippen molar-refractivity contribution in [3.63, 3.8) is 0 Å². The fourth-order valence-electron chi connectivity index (χ4n) is 3.05. The highest BCUT2D eigenvalue weighted by Crippen LogP contribution is 2.20. The topological polar surface area (TPSA) is 23.5 Å². The van der Waals surface area contributed by atoms with Crippen LogP contribution in [0.15, 0.2) is 24.3 Å². The van der Waals surface area contributed by atoms with Gasteiger partial charge < -0.3 is 10.0 Å². The van der Waals surface area contributed by atoms with E-state index in [0.29, 0.717) is 0 Å². The molecule has 2 nitrogen and oxygen atoms in total. The first-order chi connectivity index (χ1) is 11.2. The van der Waals surface area contributed by atoms with E-state index in [0.717, 1.165) is 25.9 Å². The Kier molecular flexibility index (Phi) is 10.8. The number of rotatable bonds is 13. The number of unbranched alkanes of at least 4 members (excludes halogenated alkanes) is 4. The number of aryl methyl sites for hydroxylation is 1. The Morgan fingerprint density at radius 1 is 0.957 bits per heavy atom. The van der Waals surface area contributed by atoms with Crippen LogP contribution in [0.3, 0.4) is 0 Å². The van der Waals surface area contributed by atoms with E-state index in [-0.39, 0.29) is 6.10 Å². The third kappa shape index (κ3) is 8.41. The van der Waals surface area contributed by atoms with Gasteiger partial charge in [0.05, 0.1) is 6.10 Å². The maximum Gasteiger partial charge on any atom is 0.0715 e. The summed E-state index contributed by atoms with van der Waals surface area (Å²) in [5, 5.41) is 10.2. The molecule has 0 fully saturated rings. The van der Waals surface area contributed by atoms with Gasteiger partial charge in [0.15, 0.2) is 0 Å². The van der Waals surface area contributed by atoms with Crippen molar-refractivity contribution >= 4 is 5.69 Å². The SMILES string of the molecule is CCCCCc1cccc(N(CCCCC)CC(O)CCC)c1. The molecular formula is C21H37NO. The number of benzene rings is 1. The van der Waals surface area contributed by atoms with Crippen LogP contribution < -0.4 is 4.90 Å². The molecule has 1 unspecified atom stereocenters. The van der Waals surface area contributed by atoms with Crippen LogP contribution in [0.1, 0.15) is 77.7 Å². The van der Waals surface area contributed by atoms with Gasteiger partial charge in [-0.2, -0.15) is 0 Å². The van der Waals surface area contributed by atoms with Crippen LogP contribution in [0.5, 0.6) is 0 Å². The molecule has 0 saturated carbocycles. The van der Waals surface area contributed by atoms with Crippen LogP contribution in [-0.4, -0.2) is 24.3 Å². The average molecular weight is 320 g/mol. The lowest BCUT2D eigenvalue weighted by Gasteiger charge is -2.28. The molecule has 0 saturated heterocycles. The van der Waals surface area contributed by atoms with Gasteiger partial charge in [-0.3, -0.25) is 0 Å². The van der Waals surface area contributed by atoms with Crippen LogP contribution in [-0.2, 0) is 6.42 Å². The molecule has 0 radical (unpaired) electrons. The van der Waals surface area contributed by atoms with Crippen molar-refractivity contribution in [3.05, 3.63) is 29.8 Å². The third-order valence-electron chi connectivity index (χ3n) is 4.43. The smallest absolute Gasteiger partial charge is 0.0715 e. The molecule has 132 valence electrons. The molecule has 1 N–H and O–H groups in total. The Labute approximate surface area is 143 Å². The Balaban J connectivity index is 2.72. The van der Waals surface area contributed by atoms with Gasteiger partial charge in [0.25, 0.3) is 0 Å². The molecule has 0 aliphatic heterocycles. The summed E-state index contributed by atoms with van der Waals surface area (Å²) < 4.78 is 0. The van der Waals surface area contributed by atoms with Crippen LogP contribution in [0.25, 0.3) is 0 Å². The van der Waals surface area contributed by atoms with Gasteiger partial charge in [-0.1, -0.05) is 65.0 Å². The molecular weight excluding hydrogens is 282 g/mol. The minimum Gasteiger partial charge on any atom is -0.391 e. The van der Waals surface area contributed by atoms with Gasteiger partial charge in [-0.05, 0) is 43.4 Å². The average Bonchev–Trinajstić information content (AvgIpc) is 2.55. The number of anilines is 1. The number of aliphatic hydroxyl groups excluding tert-OH is 1. The second-order valence-corrected chi connectivity index (χ2v) is 6.72. The zero-order valence-corrected chi connectivity index (χ0v) is 15.6. The quantitative estimate of drug-likeness (QED) is 0.480. The Morgan fingerprint density at radius 2 is 1.70 bits per heavy atom. The van der Waals surface area contributed by atoms with Gasteiger partial charge in [0.2, 0.25) is 0 Å². The van der Waals surface area contributed by atoms with E-state index >= 15 is 0 Å². The van der Waals surface area contributed by atoms with Gasteiger partial charge in [-0.25, -0.2) is 0 Å². The highest BCUT2D eigenvalue weighted by atomic mass is 16.3. The second kappa shape index (κ2) is 12.4. The summed E-state index contributed by atoms with van der Waals surface area (Å²) in [5.74, 6) is 0. The van der Waals surface area contributed by atoms with E-state index in [2.05, 4.69) is 49.9 Å². The van der Waals surface area contributed by atoms with E-state index in [1.807, 2.05) is 0 Å². The Hall–Kier alpha value is -1.02. The first-order valence-electron chi connectivity index (χ1n) is 9.73. The molecule has 1 aromatic carbocycles. The largest absolute Gasteiger partial charge is 0.391 e. The molecule has 0 aliphatic rings. The summed E-state index contributed by atoms with van der Waals surface area (Å²) in [5.41, 5.74) is 2.71. The van der Waals surface area contributed by atoms with E-state index in [9.17, 15) is 5.11 Å². The van der Waals surface area contributed by atoms with Crippen LogP contribution in [0.4, 0.5) is 5.69 Å². The Bertz CT molecular complexity index is 405. The van der Waals surface area contributed by atoms with Crippen LogP contribution >= 0.6 is 0 Å². The molecule has 0 bridgehead atoms. The number of aliphatic hydroxyl groups is 1. The fourth-order valence-corrected chi connectivity index (χ4v) is 3.05. The lowest BCUT2D eigenvalue weighted by molar-refractivity contribution is 0.168. The molecule has 0 aliphatic carbocycles. The molecule has 23 heavy (non-hydrogen) atoms. The number of nitrogens with zero attached hydrogens (tertiary/aromatic N) is 1. The summed E-state index contributed by atoms with van der Waals surface area (Å²) in [7, 11) is 0. The molecule has 1 aromatic rings. The summed E-state index contributed by atoms with van der Waals surface area (Å²) in [4.78, 5) is 2.39. The molecule has 0 aromatic heterocycles. The maximum absolute atomic E-state index is 10.2. The van der Waals surface area contributed by atoms with Crippen LogP contribution in [0.2, 0.25) is 0 Å². The van der Waals surface area contributed by atoms with Crippen molar-refractivity contribution < 1.29 is 5.11 Å². The van der Waals surface area contributed by atoms with Crippen molar-refractivity contribution in [2.75, 3.05) is 18.0 Å². The number of hydrogen-bond acceptors (Lipinski definition) is 2. The molecule has 0 heterocycles. The predicted molar refractivity (Wildman–Crippen MR) is 102 cm³/mol. The maximum atomic E-state index is 10.2. The van der Waals surface area contributed by atoms with Crippen LogP contribution in [0, 0.1) is 0 Å². The van der Waals surface area contributed by atoms with Gasteiger partial charge >= 0.3 is 0 Å². The van der Waals surface area contributed by atoms with Crippen molar-refractivity contribution in [2.45, 2.75) is 84.7 Å². The Morgan fingerprint density at radius 3 is 2.39 bits per heavy atom. The molecule has 1 rings (SSSR count). The minimum atomic E-state index is -0.217. The zero-order chi connectivity index (χ0) is 16.9. The van der Waals surface area contributed by atoms with Crippen molar-refractivity contribution in [3.8, 4) is 0 Å². The molecule has 2 heteroatoms. The third-order valence-corrected chi connectivity index (χ3v) is 4.43. The summed E-state index contributed by atoms with van der Waals surface area (Å²) in [6.45, 7) is 8.44. The highest BCUT2D eigenvalue weighted by molar-refractivity contribution is 5.48. The van der Waals surface area contributed by atoms with Crippen molar-refractivity contribution in [2.24, 2.45) is 0 Å². The summed E-state index contributed by atoms with van der Waals surface area (Å²) >= 11 is 0. The van der Waals surface area contributed by atoms with E-state index in [1.54, 1.807) is 0 Å². The van der Waals surface area contributed by atoms with E-state index in [1.165, 1.54) is 56.2 Å². The highest BCUT2D eigenvalue weighted by Gasteiger charge is 2.12. The number of hydrogen-bond donors (Lipinski definition) is 1. The molecule has 0 spiro atoms. The van der Waals surface area contributed by atoms with Crippen molar-refractivity contribution in [1.82, 2.24) is 0 Å². The zero-order valence-electron chi connectivity index (χ0n) is 15.6. The van der Waals surface area contributed by atoms with Gasteiger partial charge in [-0.15, -0.1) is 0 Å². The minimum absolute atomic E-state index is 0.217. The normalized spacial score (nSPS) is 12.3. The summed E-state index contributed by atoms with van der Waals surface area (Å²) in [6.07, 6.45) is 10.4. The first-order valence-corrected chi connectivity index (χ1v) is 9.73. The lowest BCUT2D eigenvalue weighted by atomic mass is 10.1. The van der Waals surface area contributed by atoms with E-state index in [4.69, 9.17) is 0 Å².